The van der Waals surface area contributed by atoms with Crippen molar-refractivity contribution in [1.29, 1.82) is 0 Å². The average molecular weight is 730 g/mol. The van der Waals surface area contributed by atoms with E-state index in [9.17, 15) is 14.7 Å². The van der Waals surface area contributed by atoms with Crippen LogP contribution in [0.5, 0.6) is 0 Å². The fourth-order valence-electron chi connectivity index (χ4n) is 5.99. The van der Waals surface area contributed by atoms with Gasteiger partial charge in [-0.05, 0) is 39.4 Å². The Kier molecular flexibility index (Phi) is 12.0. The summed E-state index contributed by atoms with van der Waals surface area (Å²) in [4.78, 5) is 29.2. The predicted molar refractivity (Wildman–Crippen MR) is 194 cm³/mol. The van der Waals surface area contributed by atoms with Crippen molar-refractivity contribution >= 4 is 35.2 Å². The fourth-order valence-corrected chi connectivity index (χ4v) is 6.31. The maximum atomic E-state index is 12.8. The SMILES string of the molecule is COC(=O)C(Cc1ccccc1)NC(=O)NCc1cccc(-c2ccc(C3OC(Cn4cnc(Cl)c4Cl)CC(c4ccc(CO)cc4)O3)cc2)c1. The van der Waals surface area contributed by atoms with E-state index in [0.717, 1.165) is 38.9 Å². The Labute approximate surface area is 306 Å². The number of rotatable bonds is 12. The zero-order valence-electron chi connectivity index (χ0n) is 27.9. The van der Waals surface area contributed by atoms with E-state index in [4.69, 9.17) is 37.4 Å². The first-order chi connectivity index (χ1) is 24.8. The lowest BCUT2D eigenvalue weighted by Crippen LogP contribution is -2.47. The Hall–Kier alpha value is -4.71. The highest BCUT2D eigenvalue weighted by Gasteiger charge is 2.33. The smallest absolute Gasteiger partial charge is 0.328 e. The molecule has 4 atom stereocenters. The van der Waals surface area contributed by atoms with E-state index in [-0.39, 0.29) is 30.5 Å². The Bertz CT molecular complexity index is 1920. The van der Waals surface area contributed by atoms with Gasteiger partial charge in [0.25, 0.3) is 0 Å². The minimum absolute atomic E-state index is 0.0339. The largest absolute Gasteiger partial charge is 0.467 e. The molecule has 1 saturated heterocycles. The van der Waals surface area contributed by atoms with Crippen molar-refractivity contribution in [3.63, 3.8) is 0 Å². The number of halogens is 2. The predicted octanol–water partition coefficient (Wildman–Crippen LogP) is 7.18. The molecule has 12 heteroatoms. The molecule has 4 unspecified atom stereocenters. The number of benzene rings is 4. The van der Waals surface area contributed by atoms with E-state index in [1.165, 1.54) is 7.11 Å². The van der Waals surface area contributed by atoms with Gasteiger partial charge in [0.05, 0.1) is 38.8 Å². The molecule has 4 aromatic carbocycles. The lowest BCUT2D eigenvalue weighted by Gasteiger charge is -2.36. The number of carbonyl (C=O) groups is 2. The molecule has 1 aromatic heterocycles. The summed E-state index contributed by atoms with van der Waals surface area (Å²) in [5, 5.41) is 15.7. The van der Waals surface area contributed by atoms with Crippen molar-refractivity contribution in [2.24, 2.45) is 0 Å². The van der Waals surface area contributed by atoms with Gasteiger partial charge in [-0.3, -0.25) is 0 Å². The second-order valence-corrected chi connectivity index (χ2v) is 13.0. The molecule has 0 saturated carbocycles. The van der Waals surface area contributed by atoms with Gasteiger partial charge in [-0.2, -0.15) is 0 Å². The van der Waals surface area contributed by atoms with Crippen molar-refractivity contribution in [3.8, 4) is 11.1 Å². The van der Waals surface area contributed by atoms with Crippen LogP contribution in [-0.2, 0) is 45.1 Å². The highest BCUT2D eigenvalue weighted by atomic mass is 35.5. The summed E-state index contributed by atoms with van der Waals surface area (Å²) < 4.78 is 19.6. The number of nitrogens with one attached hydrogen (secondary N) is 2. The molecule has 0 radical (unpaired) electrons. The van der Waals surface area contributed by atoms with Crippen LogP contribution in [0.25, 0.3) is 11.1 Å². The van der Waals surface area contributed by atoms with E-state index < -0.39 is 24.3 Å². The lowest BCUT2D eigenvalue weighted by atomic mass is 9.99. The Morgan fingerprint density at radius 3 is 2.31 bits per heavy atom. The summed E-state index contributed by atoms with van der Waals surface area (Å²) in [6.45, 7) is 0.666. The van der Waals surface area contributed by atoms with Gasteiger partial charge in [0.2, 0.25) is 0 Å². The van der Waals surface area contributed by atoms with Crippen molar-refractivity contribution in [1.82, 2.24) is 20.2 Å². The minimum Gasteiger partial charge on any atom is -0.467 e. The normalized spacial score (nSPS) is 17.8. The van der Waals surface area contributed by atoms with Crippen molar-refractivity contribution < 1.29 is 28.9 Å². The minimum atomic E-state index is -0.820. The summed E-state index contributed by atoms with van der Waals surface area (Å²) in [5.74, 6) is -0.515. The van der Waals surface area contributed by atoms with Crippen LogP contribution < -0.4 is 10.6 Å². The number of imidazole rings is 1. The van der Waals surface area contributed by atoms with Gasteiger partial charge in [0.15, 0.2) is 11.4 Å². The number of ether oxygens (including phenoxy) is 3. The summed E-state index contributed by atoms with van der Waals surface area (Å²) >= 11 is 12.5. The summed E-state index contributed by atoms with van der Waals surface area (Å²) in [6.07, 6.45) is 1.32. The Morgan fingerprint density at radius 2 is 1.63 bits per heavy atom. The molecule has 51 heavy (non-hydrogen) atoms. The third-order valence-corrected chi connectivity index (χ3v) is 9.49. The molecule has 2 amide bonds. The molecule has 3 N–H and O–H groups in total. The first-order valence-electron chi connectivity index (χ1n) is 16.5. The van der Waals surface area contributed by atoms with E-state index in [1.807, 2.05) is 103 Å². The van der Waals surface area contributed by atoms with Crippen LogP contribution in [0, 0.1) is 0 Å². The summed E-state index contributed by atoms with van der Waals surface area (Å²) in [5.41, 5.74) is 6.39. The number of methoxy groups -OCH3 is 1. The van der Waals surface area contributed by atoms with E-state index in [1.54, 1.807) is 10.9 Å². The van der Waals surface area contributed by atoms with Gasteiger partial charge in [-0.15, -0.1) is 0 Å². The quantitative estimate of drug-likeness (QED) is 0.116. The van der Waals surface area contributed by atoms with Crippen molar-refractivity contribution in [3.05, 3.63) is 148 Å². The molecule has 1 fully saturated rings. The van der Waals surface area contributed by atoms with Crippen LogP contribution >= 0.6 is 23.2 Å². The maximum Gasteiger partial charge on any atom is 0.328 e. The summed E-state index contributed by atoms with van der Waals surface area (Å²) in [7, 11) is 1.30. The van der Waals surface area contributed by atoms with Gasteiger partial charge in [-0.1, -0.05) is 120 Å². The number of urea groups is 1. The third kappa shape index (κ3) is 9.35. The van der Waals surface area contributed by atoms with Crippen LogP contribution in [0.15, 0.2) is 109 Å². The number of carbonyl (C=O) groups excluding carboxylic acids is 2. The fraction of sp³-hybridized carbons (Fsp3) is 0.256. The molecule has 6 rings (SSSR count). The van der Waals surface area contributed by atoms with Crippen molar-refractivity contribution in [2.45, 2.75) is 57.1 Å². The van der Waals surface area contributed by atoms with Crippen LogP contribution in [-0.4, -0.2) is 45.9 Å². The Balaban J connectivity index is 1.12. The van der Waals surface area contributed by atoms with Gasteiger partial charge in [0.1, 0.15) is 11.2 Å². The van der Waals surface area contributed by atoms with Crippen LogP contribution in [0.1, 0.15) is 46.6 Å². The zero-order chi connectivity index (χ0) is 35.7. The molecule has 1 aliphatic rings. The first kappa shape index (κ1) is 36.1. The molecule has 0 bridgehead atoms. The van der Waals surface area contributed by atoms with Crippen LogP contribution in [0.4, 0.5) is 4.79 Å². The van der Waals surface area contributed by atoms with Crippen LogP contribution in [0.2, 0.25) is 10.3 Å². The number of aliphatic hydroxyl groups excluding tert-OH is 1. The molecular weight excluding hydrogens is 691 g/mol. The highest BCUT2D eigenvalue weighted by Crippen LogP contribution is 2.39. The van der Waals surface area contributed by atoms with Gasteiger partial charge in [0, 0.05) is 24.9 Å². The number of aromatic nitrogens is 2. The average Bonchev–Trinajstić information content (AvgIpc) is 3.49. The number of nitrogens with zero attached hydrogens (tertiary/aromatic N) is 2. The standard InChI is InChI=1S/C39H38Cl2N4O6/c1-49-37(47)33(19-25-6-3-2-4-7-25)44-39(48)42-21-27-8-5-9-31(18-27)28-14-16-30(17-15-28)38-50-32(22-45-24-43-35(40)36(45)41)20-34(51-38)29-12-10-26(23-46)11-13-29/h2-18,24,32-34,38,46H,19-23H2,1H3,(H2,42,44,48). The van der Waals surface area contributed by atoms with Crippen molar-refractivity contribution in [2.75, 3.05) is 7.11 Å². The van der Waals surface area contributed by atoms with E-state index in [0.29, 0.717) is 24.5 Å². The molecule has 0 aliphatic carbocycles. The molecule has 2 heterocycles. The second-order valence-electron chi connectivity index (χ2n) is 12.2. The summed E-state index contributed by atoms with van der Waals surface area (Å²) in [6, 6.07) is 31.7. The second kappa shape index (κ2) is 17.0. The third-order valence-electron chi connectivity index (χ3n) is 8.72. The number of amides is 2. The topological polar surface area (TPSA) is 124 Å². The van der Waals surface area contributed by atoms with Crippen LogP contribution in [0.3, 0.4) is 0 Å². The molecule has 1 aliphatic heterocycles. The number of hydrogen-bond acceptors (Lipinski definition) is 7. The lowest BCUT2D eigenvalue weighted by molar-refractivity contribution is -0.252. The maximum absolute atomic E-state index is 12.8. The first-order valence-corrected chi connectivity index (χ1v) is 17.3. The van der Waals surface area contributed by atoms with Gasteiger partial charge in [-0.25, -0.2) is 14.6 Å². The molecule has 10 nitrogen and oxygen atoms in total. The Morgan fingerprint density at radius 1 is 0.902 bits per heavy atom. The molecule has 0 spiro atoms. The molecule has 5 aromatic rings. The number of esters is 1. The van der Waals surface area contributed by atoms with Gasteiger partial charge >= 0.3 is 12.0 Å². The van der Waals surface area contributed by atoms with E-state index in [2.05, 4.69) is 15.6 Å². The number of hydrogen-bond donors (Lipinski definition) is 3. The number of aliphatic hydroxyl groups is 1. The van der Waals surface area contributed by atoms with E-state index >= 15 is 0 Å². The monoisotopic (exact) mass is 728 g/mol. The van der Waals surface area contributed by atoms with Gasteiger partial charge < -0.3 is 34.5 Å². The molecular formula is C39H38Cl2N4O6. The molecule has 264 valence electrons. The zero-order valence-corrected chi connectivity index (χ0v) is 29.4. The highest BCUT2D eigenvalue weighted by molar-refractivity contribution is 6.40.